The molecule has 6 heteroatoms. The number of carbonyl (C=O) groups is 1. The summed E-state index contributed by atoms with van der Waals surface area (Å²) < 4.78 is 25.5. The Morgan fingerprint density at radius 3 is 2.18 bits per heavy atom. The van der Waals surface area contributed by atoms with Crippen molar-refractivity contribution in [1.82, 2.24) is 10.6 Å². The Balaban J connectivity index is 0.000000819. The van der Waals surface area contributed by atoms with E-state index in [4.69, 9.17) is 6.42 Å². The topological polar surface area (TPSA) is 41.1 Å². The highest BCUT2D eigenvalue weighted by Crippen LogP contribution is 2.36. The second-order valence-corrected chi connectivity index (χ2v) is 9.40. The lowest BCUT2D eigenvalue weighted by Gasteiger charge is -2.40. The van der Waals surface area contributed by atoms with Crippen LogP contribution in [0.5, 0.6) is 0 Å². The highest BCUT2D eigenvalue weighted by Gasteiger charge is 2.33. The van der Waals surface area contributed by atoms with Crippen LogP contribution in [0.15, 0.2) is 40.4 Å². The van der Waals surface area contributed by atoms with Crippen LogP contribution in [0.3, 0.4) is 0 Å². The normalized spacial score (nSPS) is 15.1. The molecule has 190 valence electrons. The number of terminal acetylenes is 1. The number of hydrogen-bond donors (Lipinski definition) is 2. The van der Waals surface area contributed by atoms with Gasteiger partial charge in [-0.3, -0.25) is 4.79 Å². The van der Waals surface area contributed by atoms with Gasteiger partial charge in [0.25, 0.3) is 0 Å². The van der Waals surface area contributed by atoms with Gasteiger partial charge in [0.05, 0.1) is 0 Å². The lowest BCUT2D eigenvalue weighted by atomic mass is 9.75. The third kappa shape index (κ3) is 13.7. The quantitative estimate of drug-likeness (QED) is 0.206. The summed E-state index contributed by atoms with van der Waals surface area (Å²) in [6.07, 6.45) is 17.5. The molecule has 3 nitrogen and oxygen atoms in total. The van der Waals surface area contributed by atoms with Crippen LogP contribution in [-0.4, -0.2) is 24.5 Å². The maximum atomic E-state index is 12.2. The Kier molecular flexibility index (Phi) is 17.3. The lowest BCUT2D eigenvalue weighted by Crippen LogP contribution is -2.49. The fraction of sp³-hybridized carbons (Fsp3) is 0.536. The molecule has 34 heavy (non-hydrogen) atoms. The average Bonchev–Trinajstić information content (AvgIpc) is 2.77. The molecule has 1 fully saturated rings. The molecule has 0 spiro atoms. The number of nitrogens with one attached hydrogen (secondary N) is 2. The van der Waals surface area contributed by atoms with E-state index in [1.807, 2.05) is 13.8 Å². The maximum Gasteiger partial charge on any atom is 0.216 e. The van der Waals surface area contributed by atoms with Crippen LogP contribution in [0.25, 0.3) is 0 Å². The Labute approximate surface area is 214 Å². The molecule has 0 radical (unpaired) electrons. The molecule has 0 aliphatic heterocycles. The zero-order valence-electron chi connectivity index (χ0n) is 21.4. The molecule has 0 aromatic heterocycles. The molecule has 1 aromatic rings. The van der Waals surface area contributed by atoms with Gasteiger partial charge >= 0.3 is 0 Å². The maximum absolute atomic E-state index is 12.2. The average molecular weight is 540 g/mol. The number of benzene rings is 1. The second kappa shape index (κ2) is 18.4. The van der Waals surface area contributed by atoms with E-state index in [1.54, 1.807) is 13.8 Å². The molecule has 0 saturated heterocycles. The highest BCUT2D eigenvalue weighted by molar-refractivity contribution is 9.11. The monoisotopic (exact) mass is 538 g/mol. The van der Waals surface area contributed by atoms with E-state index in [2.05, 4.69) is 51.6 Å². The number of hydrogen-bond acceptors (Lipinski definition) is 2. The Morgan fingerprint density at radius 2 is 1.71 bits per heavy atom. The number of carbonyl (C=O) groups excluding carboxylic acids is 1. The summed E-state index contributed by atoms with van der Waals surface area (Å²) in [5, 5.41) is 6.62. The SMILES string of the molecule is C#CC/C=C(\C=C(/C)Br)C1(NCCCNC(C)=O)CCCCC1.CC.Cc1cc(F)cc(F)c1. The molecule has 0 bridgehead atoms. The second-order valence-electron chi connectivity index (χ2n) is 8.15. The number of halogens is 3. The van der Waals surface area contributed by atoms with Crippen molar-refractivity contribution in [2.24, 2.45) is 0 Å². The van der Waals surface area contributed by atoms with Crippen molar-refractivity contribution in [1.29, 1.82) is 0 Å². The minimum Gasteiger partial charge on any atom is -0.356 e. The largest absolute Gasteiger partial charge is 0.356 e. The van der Waals surface area contributed by atoms with E-state index >= 15 is 0 Å². The van der Waals surface area contributed by atoms with Crippen LogP contribution in [0.4, 0.5) is 8.78 Å². The zero-order chi connectivity index (χ0) is 26.0. The third-order valence-corrected chi connectivity index (χ3v) is 5.48. The third-order valence-electron chi connectivity index (χ3n) is 5.25. The van der Waals surface area contributed by atoms with Gasteiger partial charge in [0.15, 0.2) is 0 Å². The zero-order valence-corrected chi connectivity index (χ0v) is 23.0. The molecule has 1 aliphatic carbocycles. The van der Waals surface area contributed by atoms with Gasteiger partial charge in [0.1, 0.15) is 11.6 Å². The van der Waals surface area contributed by atoms with Gasteiger partial charge < -0.3 is 10.6 Å². The molecule has 0 unspecified atom stereocenters. The van der Waals surface area contributed by atoms with Crippen LogP contribution < -0.4 is 10.6 Å². The molecule has 2 rings (SSSR count). The summed E-state index contributed by atoms with van der Waals surface area (Å²) in [6, 6.07) is 3.42. The molecule has 0 heterocycles. The van der Waals surface area contributed by atoms with E-state index in [1.165, 1.54) is 37.0 Å². The first-order chi connectivity index (χ1) is 16.2. The van der Waals surface area contributed by atoms with Crippen molar-refractivity contribution in [3.63, 3.8) is 0 Å². The van der Waals surface area contributed by atoms with E-state index in [0.717, 1.165) is 42.9 Å². The van der Waals surface area contributed by atoms with Gasteiger partial charge in [0.2, 0.25) is 5.91 Å². The molecule has 1 aromatic carbocycles. The number of rotatable bonds is 8. The first kappa shape index (κ1) is 32.0. The fourth-order valence-corrected chi connectivity index (χ4v) is 4.12. The van der Waals surface area contributed by atoms with Gasteiger partial charge in [-0.25, -0.2) is 8.78 Å². The van der Waals surface area contributed by atoms with Crippen molar-refractivity contribution in [2.45, 2.75) is 85.1 Å². The molecule has 2 N–H and O–H groups in total. The predicted octanol–water partition coefficient (Wildman–Crippen LogP) is 7.35. The predicted molar refractivity (Wildman–Crippen MR) is 144 cm³/mol. The van der Waals surface area contributed by atoms with E-state index in [9.17, 15) is 13.6 Å². The molecule has 1 amide bonds. The van der Waals surface area contributed by atoms with Crippen LogP contribution in [-0.2, 0) is 4.79 Å². The van der Waals surface area contributed by atoms with Crippen LogP contribution in [0, 0.1) is 30.9 Å². The van der Waals surface area contributed by atoms with Gasteiger partial charge in [0, 0.05) is 31.5 Å². The van der Waals surface area contributed by atoms with Crippen LogP contribution >= 0.6 is 15.9 Å². The van der Waals surface area contributed by atoms with Crippen molar-refractivity contribution < 1.29 is 13.6 Å². The minimum absolute atomic E-state index is 0.0142. The van der Waals surface area contributed by atoms with Crippen molar-refractivity contribution in [3.8, 4) is 12.3 Å². The summed E-state index contributed by atoms with van der Waals surface area (Å²) in [5.41, 5.74) is 1.91. The summed E-state index contributed by atoms with van der Waals surface area (Å²) in [6.45, 7) is 10.9. The van der Waals surface area contributed by atoms with Crippen molar-refractivity contribution >= 4 is 21.8 Å². The van der Waals surface area contributed by atoms with E-state index < -0.39 is 11.6 Å². The van der Waals surface area contributed by atoms with Crippen molar-refractivity contribution in [3.05, 3.63) is 57.6 Å². The molecular weight excluding hydrogens is 498 g/mol. The summed E-state index contributed by atoms with van der Waals surface area (Å²) >= 11 is 3.56. The Morgan fingerprint density at radius 1 is 1.12 bits per heavy atom. The van der Waals surface area contributed by atoms with Crippen LogP contribution in [0.1, 0.15) is 78.2 Å². The van der Waals surface area contributed by atoms with E-state index in [-0.39, 0.29) is 11.4 Å². The smallest absolute Gasteiger partial charge is 0.216 e. The van der Waals surface area contributed by atoms with Gasteiger partial charge in [-0.05, 0) is 73.5 Å². The molecule has 1 aliphatic rings. The minimum atomic E-state index is -0.521. The highest BCUT2D eigenvalue weighted by atomic mass is 79.9. The molecule has 0 atom stereocenters. The standard InChI is InChI=1S/C19H29BrN2O.C7H6F2.C2H6/c1-4-5-10-18(15-16(2)20)19(11-7-6-8-12-19)22-14-9-13-21-17(3)23;1-5-2-6(8)4-7(9)3-5;1-2/h1,10,15,22H,5-9,11-14H2,2-3H3,(H,21,23);2-4H,1H3;1-2H3/b16-15+,18-10+;;. The fourth-order valence-electron chi connectivity index (χ4n) is 3.87. The number of allylic oxidation sites excluding steroid dienone is 2. The van der Waals surface area contributed by atoms with Gasteiger partial charge in [-0.1, -0.05) is 55.1 Å². The van der Waals surface area contributed by atoms with Gasteiger partial charge in [-0.2, -0.15) is 0 Å². The summed E-state index contributed by atoms with van der Waals surface area (Å²) in [4.78, 5) is 10.9. The Hall–Kier alpha value is -1.97. The first-order valence-electron chi connectivity index (χ1n) is 12.1. The summed E-state index contributed by atoms with van der Waals surface area (Å²) in [7, 11) is 0. The molecular formula is C28H41BrF2N2O. The number of amides is 1. The van der Waals surface area contributed by atoms with Crippen molar-refractivity contribution in [2.75, 3.05) is 13.1 Å². The molecule has 1 saturated carbocycles. The van der Waals surface area contributed by atoms with Crippen LogP contribution in [0.2, 0.25) is 0 Å². The lowest BCUT2D eigenvalue weighted by molar-refractivity contribution is -0.118. The first-order valence-corrected chi connectivity index (χ1v) is 12.9. The number of aryl methyl sites for hydroxylation is 1. The van der Waals surface area contributed by atoms with E-state index in [0.29, 0.717) is 12.0 Å². The Bertz CT molecular complexity index is 783. The summed E-state index contributed by atoms with van der Waals surface area (Å²) in [5.74, 6) is 1.71. The van der Waals surface area contributed by atoms with Gasteiger partial charge in [-0.15, -0.1) is 12.3 Å².